The normalized spacial score (nSPS) is 11.0. The van der Waals surface area contributed by atoms with E-state index in [1.54, 1.807) is 0 Å². The molecule has 3 aromatic heterocycles. The van der Waals surface area contributed by atoms with Gasteiger partial charge < -0.3 is 5.32 Å². The van der Waals surface area contributed by atoms with Gasteiger partial charge in [0.15, 0.2) is 5.65 Å². The first kappa shape index (κ1) is 12.5. The van der Waals surface area contributed by atoms with Crippen LogP contribution in [0.1, 0.15) is 18.2 Å². The van der Waals surface area contributed by atoms with Gasteiger partial charge in [0.05, 0.1) is 11.6 Å². The zero-order chi connectivity index (χ0) is 14.3. The number of nitrogens with one attached hydrogen (secondary N) is 2. The van der Waals surface area contributed by atoms with Gasteiger partial charge in [-0.15, -0.1) is 0 Å². The number of halogens is 1. The molecule has 0 aliphatic carbocycles. The number of nitrogens with zero attached hydrogens (tertiary/aromatic N) is 3. The molecule has 0 saturated carbocycles. The van der Waals surface area contributed by atoms with Crippen LogP contribution >= 0.6 is 0 Å². The third-order valence-electron chi connectivity index (χ3n) is 3.28. The van der Waals surface area contributed by atoms with Crippen molar-refractivity contribution in [1.29, 1.82) is 0 Å². The summed E-state index contributed by atoms with van der Waals surface area (Å²) in [6.45, 7) is 5.95. The van der Waals surface area contributed by atoms with Crippen LogP contribution in [0.25, 0.3) is 11.0 Å². The number of anilines is 2. The molecular weight excluding hydrogens is 257 g/mol. The summed E-state index contributed by atoms with van der Waals surface area (Å²) in [4.78, 5) is 8.39. The van der Waals surface area contributed by atoms with Crippen molar-refractivity contribution in [2.24, 2.45) is 0 Å². The minimum atomic E-state index is -0.396. The fraction of sp³-hybridized carbons (Fsp3) is 0.214. The standard InChI is InChI=1S/C14H14FN5.H2/c1-7-4-8(2)17-12(9(7)3)18-14-11-5-10(15)6-16-13(11)19-20-14;/h4-6H,1-3H3,(H2,16,17,18,19,20);1H/i;1+1. The highest BCUT2D eigenvalue weighted by atomic mass is 19.1. The average molecular weight is 274 g/mol. The molecule has 6 heteroatoms. The van der Waals surface area contributed by atoms with Crippen molar-refractivity contribution in [3.63, 3.8) is 0 Å². The Morgan fingerprint density at radius 3 is 2.85 bits per heavy atom. The molecule has 0 aliphatic rings. The maximum absolute atomic E-state index is 13.3. The Kier molecular flexibility index (Phi) is 2.85. The molecule has 20 heavy (non-hydrogen) atoms. The largest absolute Gasteiger partial charge is 0.325 e. The van der Waals surface area contributed by atoms with E-state index < -0.39 is 5.82 Å². The third-order valence-corrected chi connectivity index (χ3v) is 3.28. The molecule has 5 nitrogen and oxygen atoms in total. The summed E-state index contributed by atoms with van der Waals surface area (Å²) in [5, 5.41) is 10.6. The quantitative estimate of drug-likeness (QED) is 0.751. The monoisotopic (exact) mass is 274 g/mol. The van der Waals surface area contributed by atoms with Crippen LogP contribution in [0.2, 0.25) is 0 Å². The maximum atomic E-state index is 13.3. The summed E-state index contributed by atoms with van der Waals surface area (Å²) in [7, 11) is 0. The average Bonchev–Trinajstić information content (AvgIpc) is 2.78. The Bertz CT molecular complexity index is 799. The second-order valence-electron chi connectivity index (χ2n) is 4.80. The van der Waals surface area contributed by atoms with Crippen LogP contribution in [-0.2, 0) is 0 Å². The minimum absolute atomic E-state index is 0. The lowest BCUT2D eigenvalue weighted by Gasteiger charge is -2.10. The number of H-pyrrole nitrogens is 1. The van der Waals surface area contributed by atoms with E-state index in [1.165, 1.54) is 6.07 Å². The van der Waals surface area contributed by atoms with Gasteiger partial charge in [-0.3, -0.25) is 5.10 Å². The van der Waals surface area contributed by atoms with E-state index in [1.807, 2.05) is 26.8 Å². The van der Waals surface area contributed by atoms with Gasteiger partial charge in [-0.25, -0.2) is 14.4 Å². The van der Waals surface area contributed by atoms with E-state index in [0.29, 0.717) is 16.9 Å². The van der Waals surface area contributed by atoms with Crippen molar-refractivity contribution < 1.29 is 5.82 Å². The van der Waals surface area contributed by atoms with Gasteiger partial charge >= 0.3 is 0 Å². The smallest absolute Gasteiger partial charge is 0.183 e. The molecule has 104 valence electrons. The van der Waals surface area contributed by atoms with Crippen molar-refractivity contribution in [3.8, 4) is 0 Å². The van der Waals surface area contributed by atoms with E-state index >= 15 is 0 Å². The van der Waals surface area contributed by atoms with Crippen molar-refractivity contribution in [3.05, 3.63) is 41.0 Å². The van der Waals surface area contributed by atoms with Gasteiger partial charge in [0.1, 0.15) is 17.5 Å². The maximum Gasteiger partial charge on any atom is 0.183 e. The van der Waals surface area contributed by atoms with Gasteiger partial charge in [0, 0.05) is 7.12 Å². The number of aromatic amines is 1. The van der Waals surface area contributed by atoms with Gasteiger partial charge in [-0.1, -0.05) is 0 Å². The number of hydrogen-bond acceptors (Lipinski definition) is 4. The van der Waals surface area contributed by atoms with Crippen LogP contribution in [-0.4, -0.2) is 20.2 Å². The van der Waals surface area contributed by atoms with Crippen LogP contribution in [0.5, 0.6) is 0 Å². The first-order valence-corrected chi connectivity index (χ1v) is 6.26. The van der Waals surface area contributed by atoms with Crippen LogP contribution < -0.4 is 5.32 Å². The van der Waals surface area contributed by atoms with E-state index in [2.05, 4.69) is 25.5 Å². The molecule has 0 atom stereocenters. The Morgan fingerprint density at radius 2 is 2.05 bits per heavy atom. The fourth-order valence-corrected chi connectivity index (χ4v) is 2.11. The van der Waals surface area contributed by atoms with E-state index in [0.717, 1.165) is 28.8 Å². The topological polar surface area (TPSA) is 66.5 Å². The van der Waals surface area contributed by atoms with Gasteiger partial charge in [0.25, 0.3) is 0 Å². The number of aryl methyl sites for hydroxylation is 2. The summed E-state index contributed by atoms with van der Waals surface area (Å²) in [5.74, 6) is 0.928. The Hall–Kier alpha value is -2.50. The molecule has 0 saturated heterocycles. The molecule has 0 unspecified atom stereocenters. The number of fused-ring (bicyclic) bond motifs is 1. The zero-order valence-electron chi connectivity index (χ0n) is 11.5. The number of hydrogen-bond donors (Lipinski definition) is 2. The van der Waals surface area contributed by atoms with E-state index in [-0.39, 0.29) is 1.43 Å². The molecule has 0 amide bonds. The highest BCUT2D eigenvalue weighted by Gasteiger charge is 2.11. The van der Waals surface area contributed by atoms with Crippen LogP contribution in [0, 0.1) is 26.6 Å². The van der Waals surface area contributed by atoms with Gasteiger partial charge in [-0.2, -0.15) is 5.10 Å². The summed E-state index contributed by atoms with van der Waals surface area (Å²) < 4.78 is 13.3. The highest BCUT2D eigenvalue weighted by molar-refractivity contribution is 5.88. The minimum Gasteiger partial charge on any atom is -0.325 e. The van der Waals surface area contributed by atoms with Crippen LogP contribution in [0.3, 0.4) is 0 Å². The molecule has 0 fully saturated rings. The number of pyridine rings is 2. The molecule has 2 N–H and O–H groups in total. The molecule has 0 bridgehead atoms. The van der Waals surface area contributed by atoms with Crippen molar-refractivity contribution in [2.75, 3.05) is 5.32 Å². The molecule has 0 aliphatic heterocycles. The first-order valence-electron chi connectivity index (χ1n) is 6.26. The third kappa shape index (κ3) is 2.09. The number of aromatic nitrogens is 4. The molecule has 0 spiro atoms. The summed E-state index contributed by atoms with van der Waals surface area (Å²) >= 11 is 0. The molecule has 0 aromatic carbocycles. The van der Waals surface area contributed by atoms with Gasteiger partial charge in [0.2, 0.25) is 0 Å². The first-order chi connectivity index (χ1) is 9.54. The van der Waals surface area contributed by atoms with Gasteiger partial charge in [-0.05, 0) is 44.0 Å². The molecule has 3 heterocycles. The summed E-state index contributed by atoms with van der Waals surface area (Å²) in [6.07, 6.45) is 1.15. The zero-order valence-corrected chi connectivity index (χ0v) is 11.5. The summed E-state index contributed by atoms with van der Waals surface area (Å²) in [6, 6.07) is 3.42. The second-order valence-corrected chi connectivity index (χ2v) is 4.80. The number of rotatable bonds is 2. The van der Waals surface area contributed by atoms with Crippen molar-refractivity contribution in [2.45, 2.75) is 20.8 Å². The lowest BCUT2D eigenvalue weighted by atomic mass is 10.1. The van der Waals surface area contributed by atoms with Crippen molar-refractivity contribution in [1.82, 2.24) is 20.2 Å². The Balaban J connectivity index is 0.00000161. The summed E-state index contributed by atoms with van der Waals surface area (Å²) in [5.41, 5.74) is 3.58. The van der Waals surface area contributed by atoms with Crippen molar-refractivity contribution >= 4 is 22.7 Å². The Morgan fingerprint density at radius 1 is 1.25 bits per heavy atom. The van der Waals surface area contributed by atoms with Crippen LogP contribution in [0.4, 0.5) is 16.0 Å². The highest BCUT2D eigenvalue weighted by Crippen LogP contribution is 2.25. The SMILES string of the molecule is Cc1cc(C)c(C)c(Nc2[nH]nc3ncc(F)cc23)n1.[2HH]. The lowest BCUT2D eigenvalue weighted by Crippen LogP contribution is -2.00. The van der Waals surface area contributed by atoms with E-state index in [9.17, 15) is 4.39 Å². The second kappa shape index (κ2) is 4.56. The molecule has 3 aromatic rings. The van der Waals surface area contributed by atoms with E-state index in [4.69, 9.17) is 0 Å². The molecule has 0 radical (unpaired) electrons. The Labute approximate surface area is 116 Å². The fourth-order valence-electron chi connectivity index (χ4n) is 2.11. The lowest BCUT2D eigenvalue weighted by molar-refractivity contribution is 0.624. The predicted molar refractivity (Wildman–Crippen MR) is 77.7 cm³/mol. The molecular formula is C14H16FN5. The molecule has 3 rings (SSSR count). The van der Waals surface area contributed by atoms with Crippen LogP contribution in [0.15, 0.2) is 18.3 Å². The predicted octanol–water partition coefficient (Wildman–Crippen LogP) is 3.41.